The van der Waals surface area contributed by atoms with Crippen LogP contribution in [0.1, 0.15) is 19.8 Å². The van der Waals surface area contributed by atoms with Crippen LogP contribution in [0.3, 0.4) is 0 Å². The molecule has 0 bridgehead atoms. The molecule has 7 heteroatoms. The zero-order chi connectivity index (χ0) is 11.4. The largest absolute Gasteiger partial charge is 0.458 e. The number of rotatable bonds is 2. The first-order valence-corrected chi connectivity index (χ1v) is 4.31. The molecule has 0 N–H and O–H groups in total. The van der Waals surface area contributed by atoms with Gasteiger partial charge in [0.1, 0.15) is 0 Å². The van der Waals surface area contributed by atoms with E-state index < -0.39 is 23.8 Å². The zero-order valence-corrected chi connectivity index (χ0v) is 8.02. The van der Waals surface area contributed by atoms with Crippen LogP contribution in [0.25, 0.3) is 0 Å². The smallest absolute Gasteiger partial charge is 0.442 e. The van der Waals surface area contributed by atoms with E-state index in [9.17, 15) is 19.2 Å². The minimum absolute atomic E-state index is 0.00975. The van der Waals surface area contributed by atoms with Crippen molar-refractivity contribution in [3.8, 4) is 0 Å². The van der Waals surface area contributed by atoms with Crippen molar-refractivity contribution in [2.24, 2.45) is 0 Å². The van der Waals surface area contributed by atoms with Gasteiger partial charge in [-0.05, 0) is 6.92 Å². The van der Waals surface area contributed by atoms with E-state index in [1.807, 2.05) is 0 Å². The molecule has 1 aliphatic heterocycles. The van der Waals surface area contributed by atoms with E-state index >= 15 is 0 Å². The Hall–Kier alpha value is -1.92. The van der Waals surface area contributed by atoms with Crippen LogP contribution in [0, 0.1) is 0 Å². The fourth-order valence-corrected chi connectivity index (χ4v) is 0.968. The summed E-state index contributed by atoms with van der Waals surface area (Å²) in [4.78, 5) is 48.0. The Morgan fingerprint density at radius 1 is 1.20 bits per heavy atom. The lowest BCUT2D eigenvalue weighted by Gasteiger charge is -2.11. The van der Waals surface area contributed by atoms with Crippen LogP contribution in [0.2, 0.25) is 0 Å². The lowest BCUT2D eigenvalue weighted by molar-refractivity contribution is -0.202. The third-order valence-electron chi connectivity index (χ3n) is 1.62. The second-order valence-corrected chi connectivity index (χ2v) is 2.68. The van der Waals surface area contributed by atoms with Crippen LogP contribution in [-0.2, 0) is 28.8 Å². The summed E-state index contributed by atoms with van der Waals surface area (Å²) in [7, 11) is 0. The number of carbonyl (C=O) groups is 4. The van der Waals surface area contributed by atoms with Crippen LogP contribution >= 0.6 is 0 Å². The molecule has 0 aromatic carbocycles. The monoisotopic (exact) mass is 215 g/mol. The number of hydrogen-bond donors (Lipinski definition) is 0. The molecule has 1 heterocycles. The molecular weight excluding hydrogens is 206 g/mol. The maximum absolute atomic E-state index is 11.0. The summed E-state index contributed by atoms with van der Waals surface area (Å²) < 4.78 is 4.32. The fourth-order valence-electron chi connectivity index (χ4n) is 0.968. The molecular formula is C8H9NO6. The number of hydrogen-bond acceptors (Lipinski definition) is 6. The molecule has 0 unspecified atom stereocenters. The first kappa shape index (κ1) is 11.2. The summed E-state index contributed by atoms with van der Waals surface area (Å²) in [5.41, 5.74) is 0. The average molecular weight is 215 g/mol. The van der Waals surface area contributed by atoms with Gasteiger partial charge in [0, 0.05) is 12.8 Å². The first-order chi connectivity index (χ1) is 7.06. The Bertz CT molecular complexity index is 307. The zero-order valence-electron chi connectivity index (χ0n) is 8.02. The van der Waals surface area contributed by atoms with Crippen molar-refractivity contribution in [1.29, 1.82) is 0 Å². The van der Waals surface area contributed by atoms with Crippen molar-refractivity contribution in [3.05, 3.63) is 0 Å². The van der Waals surface area contributed by atoms with Gasteiger partial charge >= 0.3 is 11.9 Å². The highest BCUT2D eigenvalue weighted by atomic mass is 16.7. The van der Waals surface area contributed by atoms with Gasteiger partial charge in [0.2, 0.25) is 0 Å². The highest BCUT2D eigenvalue weighted by Crippen LogP contribution is 2.12. The van der Waals surface area contributed by atoms with E-state index in [1.165, 1.54) is 6.92 Å². The molecule has 1 rings (SSSR count). The second kappa shape index (κ2) is 4.54. The summed E-state index contributed by atoms with van der Waals surface area (Å²) in [5.74, 6) is -3.89. The molecule has 0 aliphatic carbocycles. The van der Waals surface area contributed by atoms with Crippen molar-refractivity contribution in [1.82, 2.24) is 5.06 Å². The van der Waals surface area contributed by atoms with Crippen molar-refractivity contribution < 1.29 is 28.8 Å². The Morgan fingerprint density at radius 2 is 1.73 bits per heavy atom. The fraction of sp³-hybridized carbons (Fsp3) is 0.500. The van der Waals surface area contributed by atoms with Crippen molar-refractivity contribution >= 4 is 23.8 Å². The molecule has 0 aromatic heterocycles. The molecule has 0 atom stereocenters. The summed E-state index contributed by atoms with van der Waals surface area (Å²) in [5, 5.41) is 0.291. The predicted molar refractivity (Wildman–Crippen MR) is 43.8 cm³/mol. The summed E-state index contributed by atoms with van der Waals surface area (Å²) in [6.07, 6.45) is -0.0378. The normalized spacial score (nSPS) is 15.4. The van der Waals surface area contributed by atoms with Gasteiger partial charge in [0.05, 0.1) is 6.61 Å². The molecule has 82 valence electrons. The first-order valence-electron chi connectivity index (χ1n) is 4.31. The van der Waals surface area contributed by atoms with E-state index in [2.05, 4.69) is 9.57 Å². The highest BCUT2D eigenvalue weighted by molar-refractivity contribution is 6.30. The Morgan fingerprint density at radius 3 is 2.20 bits per heavy atom. The third-order valence-corrected chi connectivity index (χ3v) is 1.62. The van der Waals surface area contributed by atoms with Gasteiger partial charge in [0.25, 0.3) is 11.8 Å². The van der Waals surface area contributed by atoms with Crippen LogP contribution in [0.4, 0.5) is 0 Å². The third kappa shape index (κ3) is 2.52. The lowest BCUT2D eigenvalue weighted by atomic mass is 10.4. The van der Waals surface area contributed by atoms with Gasteiger partial charge in [-0.15, -0.1) is 5.06 Å². The number of nitrogens with zero attached hydrogens (tertiary/aromatic N) is 1. The lowest BCUT2D eigenvalue weighted by Crippen LogP contribution is -2.35. The molecule has 7 nitrogen and oxygen atoms in total. The van der Waals surface area contributed by atoms with E-state index in [1.54, 1.807) is 0 Å². The van der Waals surface area contributed by atoms with Gasteiger partial charge in [0.15, 0.2) is 0 Å². The van der Waals surface area contributed by atoms with Gasteiger partial charge in [-0.1, -0.05) is 0 Å². The number of carbonyl (C=O) groups excluding carboxylic acids is 4. The topological polar surface area (TPSA) is 90.0 Å². The molecule has 2 amide bonds. The molecule has 0 radical (unpaired) electrons. The van der Waals surface area contributed by atoms with E-state index in [0.29, 0.717) is 5.06 Å². The maximum Gasteiger partial charge on any atom is 0.442 e. The molecule has 0 aromatic rings. The SMILES string of the molecule is CCOC(=O)C(=O)ON1C(=O)CCC1=O. The van der Waals surface area contributed by atoms with Crippen LogP contribution in [-0.4, -0.2) is 35.4 Å². The van der Waals surface area contributed by atoms with Gasteiger partial charge in [-0.25, -0.2) is 9.59 Å². The summed E-state index contributed by atoms with van der Waals surface area (Å²) in [6.45, 7) is 1.52. The Kier molecular flexibility index (Phi) is 3.37. The minimum Gasteiger partial charge on any atom is -0.458 e. The number of hydroxylamine groups is 2. The number of amides is 2. The van der Waals surface area contributed by atoms with E-state index in [-0.39, 0.29) is 19.4 Å². The summed E-state index contributed by atoms with van der Waals surface area (Å²) in [6, 6.07) is 0. The molecule has 0 spiro atoms. The number of ether oxygens (including phenoxy) is 1. The van der Waals surface area contributed by atoms with Gasteiger partial charge in [-0.2, -0.15) is 0 Å². The van der Waals surface area contributed by atoms with Crippen molar-refractivity contribution in [3.63, 3.8) is 0 Å². The van der Waals surface area contributed by atoms with Crippen molar-refractivity contribution in [2.75, 3.05) is 6.61 Å². The van der Waals surface area contributed by atoms with Crippen molar-refractivity contribution in [2.45, 2.75) is 19.8 Å². The molecule has 1 aliphatic rings. The Balaban J connectivity index is 2.54. The molecule has 0 saturated carbocycles. The van der Waals surface area contributed by atoms with Crippen LogP contribution < -0.4 is 0 Å². The van der Waals surface area contributed by atoms with Crippen LogP contribution in [0.5, 0.6) is 0 Å². The van der Waals surface area contributed by atoms with Gasteiger partial charge < -0.3 is 9.57 Å². The van der Waals surface area contributed by atoms with E-state index in [4.69, 9.17) is 0 Å². The molecule has 1 saturated heterocycles. The number of imide groups is 1. The quantitative estimate of drug-likeness (QED) is 0.339. The van der Waals surface area contributed by atoms with E-state index in [0.717, 1.165) is 0 Å². The Labute approximate surface area is 84.9 Å². The average Bonchev–Trinajstić information content (AvgIpc) is 2.49. The number of esters is 1. The standard InChI is InChI=1S/C8H9NO6/c1-2-14-7(12)8(13)15-9-5(10)3-4-6(9)11/h2-4H2,1H3. The second-order valence-electron chi connectivity index (χ2n) is 2.68. The van der Waals surface area contributed by atoms with Gasteiger partial charge in [-0.3, -0.25) is 9.59 Å². The minimum atomic E-state index is -1.37. The molecule has 15 heavy (non-hydrogen) atoms. The summed E-state index contributed by atoms with van der Waals surface area (Å²) >= 11 is 0. The molecule has 1 fully saturated rings. The predicted octanol–water partition coefficient (Wildman–Crippen LogP) is -0.843. The maximum atomic E-state index is 11.0. The van der Waals surface area contributed by atoms with Crippen LogP contribution in [0.15, 0.2) is 0 Å². The highest BCUT2D eigenvalue weighted by Gasteiger charge is 2.34.